The van der Waals surface area contributed by atoms with Crippen molar-refractivity contribution in [3.8, 4) is 6.01 Å². The van der Waals surface area contributed by atoms with Crippen molar-refractivity contribution in [1.29, 1.82) is 0 Å². The summed E-state index contributed by atoms with van der Waals surface area (Å²) in [5.74, 6) is 0. The molecule has 0 aliphatic heterocycles. The fourth-order valence-electron chi connectivity index (χ4n) is 1.39. The summed E-state index contributed by atoms with van der Waals surface area (Å²) in [4.78, 5) is 8.14. The number of fused-ring (bicyclic) bond motifs is 1. The molecule has 1 atom stereocenters. The quantitative estimate of drug-likeness (QED) is 0.767. The van der Waals surface area contributed by atoms with E-state index in [-0.39, 0.29) is 6.04 Å². The number of aromatic nitrogens is 4. The van der Waals surface area contributed by atoms with Crippen LogP contribution in [-0.2, 0) is 6.42 Å². The molecule has 0 aliphatic rings. The predicted molar refractivity (Wildman–Crippen MR) is 54.7 cm³/mol. The minimum atomic E-state index is 0.0749. The van der Waals surface area contributed by atoms with Crippen molar-refractivity contribution < 1.29 is 4.74 Å². The van der Waals surface area contributed by atoms with Crippen LogP contribution in [-0.4, -0.2) is 32.7 Å². The van der Waals surface area contributed by atoms with Crippen molar-refractivity contribution in [2.75, 3.05) is 7.11 Å². The van der Waals surface area contributed by atoms with Crippen LogP contribution in [0.3, 0.4) is 0 Å². The summed E-state index contributed by atoms with van der Waals surface area (Å²) in [6.45, 7) is 1.94. The molecule has 0 aromatic carbocycles. The Morgan fingerprint density at radius 2 is 2.27 bits per heavy atom. The lowest BCUT2D eigenvalue weighted by atomic mass is 10.2. The van der Waals surface area contributed by atoms with E-state index < -0.39 is 0 Å². The van der Waals surface area contributed by atoms with E-state index in [9.17, 15) is 0 Å². The molecule has 2 aromatic rings. The van der Waals surface area contributed by atoms with Crippen LogP contribution in [0.5, 0.6) is 6.01 Å². The maximum absolute atomic E-state index is 5.73. The van der Waals surface area contributed by atoms with Crippen LogP contribution in [0.1, 0.15) is 12.6 Å². The van der Waals surface area contributed by atoms with E-state index in [0.29, 0.717) is 11.7 Å². The van der Waals surface area contributed by atoms with Gasteiger partial charge < -0.3 is 10.5 Å². The summed E-state index contributed by atoms with van der Waals surface area (Å²) >= 11 is 0. The van der Waals surface area contributed by atoms with Crippen molar-refractivity contribution in [2.24, 2.45) is 5.73 Å². The average Bonchev–Trinajstić information content (AvgIpc) is 2.60. The molecule has 0 saturated carbocycles. The van der Waals surface area contributed by atoms with Crippen LogP contribution in [0.4, 0.5) is 0 Å². The van der Waals surface area contributed by atoms with Crippen molar-refractivity contribution in [2.45, 2.75) is 19.4 Å². The molecule has 6 heteroatoms. The highest BCUT2D eigenvalue weighted by Gasteiger charge is 2.08. The van der Waals surface area contributed by atoms with E-state index in [0.717, 1.165) is 12.1 Å². The van der Waals surface area contributed by atoms with Gasteiger partial charge in [0, 0.05) is 12.5 Å². The Balaban J connectivity index is 2.46. The molecule has 2 rings (SSSR count). The first kappa shape index (κ1) is 9.85. The van der Waals surface area contributed by atoms with Gasteiger partial charge >= 0.3 is 6.01 Å². The second-order valence-corrected chi connectivity index (χ2v) is 3.45. The molecular formula is C9H13N5O. The van der Waals surface area contributed by atoms with Gasteiger partial charge in [0.1, 0.15) is 0 Å². The summed E-state index contributed by atoms with van der Waals surface area (Å²) in [5.41, 5.74) is 7.39. The Morgan fingerprint density at radius 1 is 1.47 bits per heavy atom. The molecule has 0 radical (unpaired) electrons. The van der Waals surface area contributed by atoms with Gasteiger partial charge in [-0.25, -0.2) is 9.50 Å². The second kappa shape index (κ2) is 3.82. The Hall–Kier alpha value is -1.69. The number of rotatable bonds is 3. The first-order valence-electron chi connectivity index (χ1n) is 4.70. The fourth-order valence-corrected chi connectivity index (χ4v) is 1.39. The number of hydrogen-bond donors (Lipinski definition) is 1. The minimum absolute atomic E-state index is 0.0749. The molecule has 0 saturated heterocycles. The molecule has 2 N–H and O–H groups in total. The smallest absolute Gasteiger partial charge is 0.334 e. The minimum Gasteiger partial charge on any atom is -0.466 e. The van der Waals surface area contributed by atoms with Gasteiger partial charge in [-0.1, -0.05) is 0 Å². The Bertz CT molecular complexity index is 464. The highest BCUT2D eigenvalue weighted by atomic mass is 16.5. The zero-order valence-corrected chi connectivity index (χ0v) is 8.71. The number of hydrogen-bond acceptors (Lipinski definition) is 5. The molecule has 0 aliphatic carbocycles. The van der Waals surface area contributed by atoms with Gasteiger partial charge in [-0.05, 0) is 6.92 Å². The standard InChI is InChI=1S/C9H13N5O/c1-6(10)3-7-4-11-8-5-12-9(15-2)13-14(7)8/h4-6H,3,10H2,1-2H3. The van der Waals surface area contributed by atoms with Crippen molar-refractivity contribution in [3.05, 3.63) is 18.1 Å². The third-order valence-electron chi connectivity index (χ3n) is 2.02. The topological polar surface area (TPSA) is 78.3 Å². The van der Waals surface area contributed by atoms with Gasteiger partial charge in [0.2, 0.25) is 0 Å². The average molecular weight is 207 g/mol. The zero-order valence-electron chi connectivity index (χ0n) is 8.71. The van der Waals surface area contributed by atoms with Crippen molar-refractivity contribution in [1.82, 2.24) is 19.6 Å². The highest BCUT2D eigenvalue weighted by molar-refractivity contribution is 5.36. The van der Waals surface area contributed by atoms with Gasteiger partial charge in [0.05, 0.1) is 25.2 Å². The first-order chi connectivity index (χ1) is 7.20. The lowest BCUT2D eigenvalue weighted by molar-refractivity contribution is 0.370. The van der Waals surface area contributed by atoms with E-state index in [1.165, 1.54) is 7.11 Å². The molecule has 0 fully saturated rings. The zero-order chi connectivity index (χ0) is 10.8. The van der Waals surface area contributed by atoms with E-state index in [1.54, 1.807) is 16.9 Å². The highest BCUT2D eigenvalue weighted by Crippen LogP contribution is 2.08. The lowest BCUT2D eigenvalue weighted by Gasteiger charge is -2.04. The Morgan fingerprint density at radius 3 is 2.93 bits per heavy atom. The Kier molecular flexibility index (Phi) is 2.51. The molecule has 2 aromatic heterocycles. The van der Waals surface area contributed by atoms with Gasteiger partial charge in [-0.3, -0.25) is 0 Å². The predicted octanol–water partition coefficient (Wildman–Crippen LogP) is 0.0226. The van der Waals surface area contributed by atoms with E-state index in [1.807, 2.05) is 6.92 Å². The lowest BCUT2D eigenvalue weighted by Crippen LogP contribution is -2.19. The maximum Gasteiger partial charge on any atom is 0.334 e. The summed E-state index contributed by atoms with van der Waals surface area (Å²) in [5, 5.41) is 4.17. The molecule has 0 bridgehead atoms. The third kappa shape index (κ3) is 1.89. The van der Waals surface area contributed by atoms with Crippen LogP contribution in [0.25, 0.3) is 5.65 Å². The third-order valence-corrected chi connectivity index (χ3v) is 2.02. The molecule has 1 unspecified atom stereocenters. The molecule has 15 heavy (non-hydrogen) atoms. The van der Waals surface area contributed by atoms with Crippen molar-refractivity contribution in [3.63, 3.8) is 0 Å². The molecular weight excluding hydrogens is 194 g/mol. The van der Waals surface area contributed by atoms with E-state index in [4.69, 9.17) is 10.5 Å². The number of nitrogens with zero attached hydrogens (tertiary/aromatic N) is 4. The van der Waals surface area contributed by atoms with Crippen LogP contribution < -0.4 is 10.5 Å². The number of imidazole rings is 1. The molecule has 0 amide bonds. The number of nitrogens with two attached hydrogens (primary N) is 1. The number of methoxy groups -OCH3 is 1. The summed E-state index contributed by atoms with van der Waals surface area (Å²) in [7, 11) is 1.53. The summed E-state index contributed by atoms with van der Waals surface area (Å²) < 4.78 is 6.65. The molecule has 0 spiro atoms. The van der Waals surface area contributed by atoms with Gasteiger partial charge in [-0.15, -0.1) is 5.10 Å². The summed E-state index contributed by atoms with van der Waals surface area (Å²) in [6, 6.07) is 0.400. The molecule has 6 nitrogen and oxygen atoms in total. The van der Waals surface area contributed by atoms with Gasteiger partial charge in [-0.2, -0.15) is 4.98 Å². The largest absolute Gasteiger partial charge is 0.466 e. The Labute approximate surface area is 87.1 Å². The maximum atomic E-state index is 5.73. The normalized spacial score (nSPS) is 13.0. The van der Waals surface area contributed by atoms with Crippen LogP contribution in [0.2, 0.25) is 0 Å². The first-order valence-corrected chi connectivity index (χ1v) is 4.70. The molecule has 2 heterocycles. The molecule has 80 valence electrons. The summed E-state index contributed by atoms with van der Waals surface area (Å²) in [6.07, 6.45) is 4.10. The van der Waals surface area contributed by atoms with Gasteiger partial charge in [0.25, 0.3) is 0 Å². The monoisotopic (exact) mass is 207 g/mol. The second-order valence-electron chi connectivity index (χ2n) is 3.45. The SMILES string of the molecule is COc1ncc2ncc(CC(C)N)n2n1. The fraction of sp³-hybridized carbons (Fsp3) is 0.444. The van der Waals surface area contributed by atoms with Gasteiger partial charge in [0.15, 0.2) is 5.65 Å². The van der Waals surface area contributed by atoms with Crippen LogP contribution in [0.15, 0.2) is 12.4 Å². The van der Waals surface area contributed by atoms with Crippen LogP contribution >= 0.6 is 0 Å². The van der Waals surface area contributed by atoms with E-state index in [2.05, 4.69) is 15.1 Å². The van der Waals surface area contributed by atoms with Crippen molar-refractivity contribution >= 4 is 5.65 Å². The number of ether oxygens (including phenoxy) is 1. The van der Waals surface area contributed by atoms with E-state index >= 15 is 0 Å². The van der Waals surface area contributed by atoms with Crippen LogP contribution in [0, 0.1) is 0 Å².